The van der Waals surface area contributed by atoms with Crippen LogP contribution in [0.15, 0.2) is 48.8 Å². The Bertz CT molecular complexity index is 523. The maximum Gasteiger partial charge on any atom is 0.0956 e. The van der Waals surface area contributed by atoms with Gasteiger partial charge in [-0.05, 0) is 19.3 Å². The summed E-state index contributed by atoms with van der Waals surface area (Å²) in [6.45, 7) is 1.05. The highest BCUT2D eigenvalue weighted by Gasteiger charge is 2.12. The molecule has 86 valence electrons. The van der Waals surface area contributed by atoms with Crippen LogP contribution in [-0.2, 0) is 13.0 Å². The van der Waals surface area contributed by atoms with Gasteiger partial charge >= 0.3 is 0 Å². The molecule has 0 N–H and O–H groups in total. The third kappa shape index (κ3) is 2.03. The van der Waals surface area contributed by atoms with Crippen molar-refractivity contribution in [2.75, 3.05) is 0 Å². The zero-order chi connectivity index (χ0) is 11.5. The Kier molecular flexibility index (Phi) is 2.78. The van der Waals surface area contributed by atoms with Gasteiger partial charge in [-0.2, -0.15) is 0 Å². The van der Waals surface area contributed by atoms with Gasteiger partial charge in [0.2, 0.25) is 0 Å². The van der Waals surface area contributed by atoms with Crippen molar-refractivity contribution in [3.05, 3.63) is 54.5 Å². The van der Waals surface area contributed by atoms with E-state index in [1.165, 1.54) is 11.3 Å². The summed E-state index contributed by atoms with van der Waals surface area (Å²) in [7, 11) is 0. The van der Waals surface area contributed by atoms with E-state index in [0.29, 0.717) is 0 Å². The van der Waals surface area contributed by atoms with Gasteiger partial charge in [0, 0.05) is 17.8 Å². The van der Waals surface area contributed by atoms with Gasteiger partial charge in [0.25, 0.3) is 0 Å². The molecular formula is C15H16N2. The molecule has 0 amide bonds. The fraction of sp³-hybridized carbons (Fsp3) is 0.267. The van der Waals surface area contributed by atoms with E-state index in [2.05, 4.69) is 46.0 Å². The van der Waals surface area contributed by atoms with Crippen molar-refractivity contribution in [1.82, 2.24) is 9.55 Å². The van der Waals surface area contributed by atoms with Crippen LogP contribution >= 0.6 is 0 Å². The van der Waals surface area contributed by atoms with Crippen LogP contribution in [-0.4, -0.2) is 9.55 Å². The first-order chi connectivity index (χ1) is 8.45. The largest absolute Gasteiger partial charge is 0.334 e. The van der Waals surface area contributed by atoms with E-state index in [1.54, 1.807) is 0 Å². The smallest absolute Gasteiger partial charge is 0.0956 e. The van der Waals surface area contributed by atoms with E-state index < -0.39 is 0 Å². The summed E-state index contributed by atoms with van der Waals surface area (Å²) in [4.78, 5) is 4.59. The van der Waals surface area contributed by atoms with Crippen LogP contribution in [0.5, 0.6) is 0 Å². The van der Waals surface area contributed by atoms with Gasteiger partial charge in [-0.1, -0.05) is 42.5 Å². The summed E-state index contributed by atoms with van der Waals surface area (Å²) >= 11 is 0. The lowest BCUT2D eigenvalue weighted by molar-refractivity contribution is 0.657. The SMILES string of the molecule is C1=C\CCn2cnc(-c3ccccc3)c2CC/1. The van der Waals surface area contributed by atoms with Crippen molar-refractivity contribution < 1.29 is 0 Å². The molecule has 0 aliphatic carbocycles. The molecule has 0 radical (unpaired) electrons. The molecule has 2 nitrogen and oxygen atoms in total. The second kappa shape index (κ2) is 4.58. The number of fused-ring (bicyclic) bond motifs is 1. The molecule has 2 heterocycles. The van der Waals surface area contributed by atoms with Crippen molar-refractivity contribution in [1.29, 1.82) is 0 Å². The van der Waals surface area contributed by atoms with Crippen molar-refractivity contribution in [3.63, 3.8) is 0 Å². The molecule has 3 rings (SSSR count). The molecule has 2 heteroatoms. The molecule has 0 atom stereocenters. The van der Waals surface area contributed by atoms with E-state index in [-0.39, 0.29) is 0 Å². The zero-order valence-corrected chi connectivity index (χ0v) is 9.84. The summed E-state index contributed by atoms with van der Waals surface area (Å²) in [5, 5.41) is 0. The molecule has 1 aliphatic rings. The number of hydrogen-bond donors (Lipinski definition) is 0. The number of imidazole rings is 1. The highest BCUT2D eigenvalue weighted by atomic mass is 15.1. The minimum absolute atomic E-state index is 1.05. The maximum atomic E-state index is 4.59. The number of aryl methyl sites for hydroxylation is 1. The lowest BCUT2D eigenvalue weighted by Crippen LogP contribution is -2.04. The monoisotopic (exact) mass is 224 g/mol. The molecule has 2 aromatic rings. The number of rotatable bonds is 1. The summed E-state index contributed by atoms with van der Waals surface area (Å²) in [6, 6.07) is 10.5. The molecule has 0 saturated carbocycles. The van der Waals surface area contributed by atoms with Gasteiger partial charge in [0.05, 0.1) is 12.0 Å². The van der Waals surface area contributed by atoms with Crippen LogP contribution < -0.4 is 0 Å². The van der Waals surface area contributed by atoms with E-state index >= 15 is 0 Å². The summed E-state index contributed by atoms with van der Waals surface area (Å²) in [5.41, 5.74) is 3.76. The average Bonchev–Trinajstić information content (AvgIpc) is 2.72. The Balaban J connectivity index is 2.03. The van der Waals surface area contributed by atoms with Crippen molar-refractivity contribution in [3.8, 4) is 11.3 Å². The molecule has 1 aromatic heterocycles. The highest BCUT2D eigenvalue weighted by molar-refractivity contribution is 5.61. The summed E-state index contributed by atoms with van der Waals surface area (Å²) in [5.74, 6) is 0. The van der Waals surface area contributed by atoms with Gasteiger partial charge in [0.15, 0.2) is 0 Å². The number of benzene rings is 1. The molecule has 0 fully saturated rings. The first-order valence-electron chi connectivity index (χ1n) is 6.19. The topological polar surface area (TPSA) is 17.8 Å². The van der Waals surface area contributed by atoms with Gasteiger partial charge in [-0.15, -0.1) is 0 Å². The quantitative estimate of drug-likeness (QED) is 0.678. The van der Waals surface area contributed by atoms with Crippen molar-refractivity contribution >= 4 is 0 Å². The van der Waals surface area contributed by atoms with Crippen molar-refractivity contribution in [2.24, 2.45) is 0 Å². The summed E-state index contributed by atoms with van der Waals surface area (Å²) in [6.07, 6.45) is 9.84. The molecule has 17 heavy (non-hydrogen) atoms. The van der Waals surface area contributed by atoms with Crippen LogP contribution in [0.2, 0.25) is 0 Å². The highest BCUT2D eigenvalue weighted by Crippen LogP contribution is 2.24. The van der Waals surface area contributed by atoms with E-state index in [4.69, 9.17) is 0 Å². The third-order valence-electron chi connectivity index (χ3n) is 3.24. The summed E-state index contributed by atoms with van der Waals surface area (Å²) < 4.78 is 2.30. The van der Waals surface area contributed by atoms with Crippen molar-refractivity contribution in [2.45, 2.75) is 25.8 Å². The lowest BCUT2D eigenvalue weighted by atomic mass is 10.1. The van der Waals surface area contributed by atoms with Gasteiger partial charge in [0.1, 0.15) is 0 Å². The number of hydrogen-bond acceptors (Lipinski definition) is 1. The number of nitrogens with zero attached hydrogens (tertiary/aromatic N) is 2. The van der Waals surface area contributed by atoms with Crippen LogP contribution in [0, 0.1) is 0 Å². The Hall–Kier alpha value is -1.83. The van der Waals surface area contributed by atoms with Gasteiger partial charge in [-0.3, -0.25) is 0 Å². The minimum atomic E-state index is 1.05. The van der Waals surface area contributed by atoms with Crippen LogP contribution in [0.25, 0.3) is 11.3 Å². The molecule has 0 unspecified atom stereocenters. The fourth-order valence-electron chi connectivity index (χ4n) is 2.37. The second-order valence-corrected chi connectivity index (χ2v) is 4.40. The first-order valence-corrected chi connectivity index (χ1v) is 6.19. The normalized spacial score (nSPS) is 16.9. The fourth-order valence-corrected chi connectivity index (χ4v) is 2.37. The Morgan fingerprint density at radius 1 is 1.00 bits per heavy atom. The minimum Gasteiger partial charge on any atom is -0.334 e. The molecule has 1 aliphatic heterocycles. The van der Waals surface area contributed by atoms with Gasteiger partial charge < -0.3 is 4.57 Å². The number of allylic oxidation sites excluding steroid dienone is 2. The van der Waals surface area contributed by atoms with E-state index in [0.717, 1.165) is 31.5 Å². The van der Waals surface area contributed by atoms with E-state index in [9.17, 15) is 0 Å². The molecule has 1 aromatic carbocycles. The first kappa shape index (κ1) is 10.3. The Morgan fingerprint density at radius 2 is 1.82 bits per heavy atom. The van der Waals surface area contributed by atoms with E-state index in [1.807, 2.05) is 12.4 Å². The van der Waals surface area contributed by atoms with Gasteiger partial charge in [-0.25, -0.2) is 4.98 Å². The molecule has 0 saturated heterocycles. The van der Waals surface area contributed by atoms with Crippen LogP contribution in [0.1, 0.15) is 18.5 Å². The van der Waals surface area contributed by atoms with Crippen LogP contribution in [0.4, 0.5) is 0 Å². The Morgan fingerprint density at radius 3 is 2.71 bits per heavy atom. The maximum absolute atomic E-state index is 4.59. The standard InChI is InChI=1S/C15H16N2/c1-2-7-11-17-12-16-15(14(17)10-6-1)13-8-4-3-5-9-13/h1-5,8-9,12H,6-7,10-11H2/b2-1-. The van der Waals surface area contributed by atoms with Crippen LogP contribution in [0.3, 0.4) is 0 Å². The lowest BCUT2D eigenvalue weighted by Gasteiger charge is -2.10. The average molecular weight is 224 g/mol. The Labute approximate surface area is 102 Å². The second-order valence-electron chi connectivity index (χ2n) is 4.40. The number of aromatic nitrogens is 2. The third-order valence-corrected chi connectivity index (χ3v) is 3.24. The molecule has 0 bridgehead atoms. The predicted molar refractivity (Wildman–Crippen MR) is 69.7 cm³/mol. The predicted octanol–water partition coefficient (Wildman–Crippen LogP) is 3.44. The molecule has 0 spiro atoms. The molecular weight excluding hydrogens is 208 g/mol. The zero-order valence-electron chi connectivity index (χ0n) is 9.84.